The lowest BCUT2D eigenvalue weighted by atomic mass is 9.98. The lowest BCUT2D eigenvalue weighted by molar-refractivity contribution is 0.520. The van der Waals surface area contributed by atoms with Gasteiger partial charge in [0.2, 0.25) is 10.0 Å². The number of halogens is 3. The first-order valence-corrected chi connectivity index (χ1v) is 11.6. The normalized spacial score (nSPS) is 16.4. The molecule has 1 heterocycles. The second kappa shape index (κ2) is 8.55. The number of nitrogens with one attached hydrogen (secondary N) is 1. The summed E-state index contributed by atoms with van der Waals surface area (Å²) in [5.74, 6) is -0.471. The smallest absolute Gasteiger partial charge is 0.240 e. The summed E-state index contributed by atoms with van der Waals surface area (Å²) < 4.78 is 42.9. The van der Waals surface area contributed by atoms with Gasteiger partial charge in [-0.2, -0.15) is 0 Å². The number of benzene rings is 3. The van der Waals surface area contributed by atoms with Crippen molar-refractivity contribution in [1.29, 1.82) is 0 Å². The highest BCUT2D eigenvalue weighted by Crippen LogP contribution is 2.32. The van der Waals surface area contributed by atoms with E-state index in [1.54, 1.807) is 48.5 Å². The van der Waals surface area contributed by atoms with Crippen LogP contribution in [0.4, 0.5) is 10.1 Å². The average molecular weight is 465 g/mol. The summed E-state index contributed by atoms with van der Waals surface area (Å²) in [5, 5.41) is 0.622. The monoisotopic (exact) mass is 464 g/mol. The Bertz CT molecular complexity index is 1170. The molecule has 1 aliphatic heterocycles. The van der Waals surface area contributed by atoms with E-state index in [1.165, 1.54) is 6.07 Å². The van der Waals surface area contributed by atoms with Crippen LogP contribution in [0.1, 0.15) is 11.1 Å². The predicted octanol–water partition coefficient (Wildman–Crippen LogP) is 5.04. The van der Waals surface area contributed by atoms with Crippen LogP contribution in [0.5, 0.6) is 0 Å². The van der Waals surface area contributed by atoms with E-state index >= 15 is 0 Å². The van der Waals surface area contributed by atoms with Crippen LogP contribution in [0.25, 0.3) is 0 Å². The molecular formula is C22H19Cl2FN2O2S. The zero-order valence-corrected chi connectivity index (χ0v) is 18.2. The van der Waals surface area contributed by atoms with Crippen molar-refractivity contribution < 1.29 is 12.8 Å². The van der Waals surface area contributed by atoms with Gasteiger partial charge in [0.1, 0.15) is 5.82 Å². The van der Waals surface area contributed by atoms with Crippen molar-refractivity contribution in [3.05, 3.63) is 93.7 Å². The summed E-state index contributed by atoms with van der Waals surface area (Å²) >= 11 is 12.1. The van der Waals surface area contributed by atoms with E-state index in [2.05, 4.69) is 4.72 Å². The molecule has 0 spiro atoms. The molecule has 0 saturated carbocycles. The third-order valence-corrected chi connectivity index (χ3v) is 7.12. The van der Waals surface area contributed by atoms with E-state index in [4.69, 9.17) is 23.2 Å². The molecule has 0 saturated heterocycles. The Labute approximate surface area is 185 Å². The molecule has 3 aromatic carbocycles. The first-order chi connectivity index (χ1) is 14.3. The van der Waals surface area contributed by atoms with Crippen molar-refractivity contribution in [2.24, 2.45) is 0 Å². The van der Waals surface area contributed by atoms with Gasteiger partial charge in [-0.05, 0) is 48.4 Å². The number of rotatable bonds is 5. The summed E-state index contributed by atoms with van der Waals surface area (Å²) in [4.78, 5) is 2.15. The summed E-state index contributed by atoms with van der Waals surface area (Å²) in [7, 11) is -3.69. The summed E-state index contributed by atoms with van der Waals surface area (Å²) in [6.45, 7) is 0.636. The van der Waals surface area contributed by atoms with Gasteiger partial charge in [0.15, 0.2) is 0 Å². The lowest BCUT2D eigenvalue weighted by Gasteiger charge is -2.36. The van der Waals surface area contributed by atoms with Crippen LogP contribution in [0, 0.1) is 5.82 Å². The number of fused-ring (bicyclic) bond motifs is 1. The van der Waals surface area contributed by atoms with Gasteiger partial charge in [0.25, 0.3) is 0 Å². The van der Waals surface area contributed by atoms with Crippen LogP contribution < -0.4 is 9.62 Å². The molecule has 1 unspecified atom stereocenters. The fourth-order valence-corrected chi connectivity index (χ4v) is 5.35. The van der Waals surface area contributed by atoms with Crippen LogP contribution in [-0.2, 0) is 23.0 Å². The summed E-state index contributed by atoms with van der Waals surface area (Å²) in [5.41, 5.74) is 2.24. The van der Waals surface area contributed by atoms with Crippen LogP contribution >= 0.6 is 23.2 Å². The summed E-state index contributed by atoms with van der Waals surface area (Å²) in [6.07, 6.45) is 0.483. The van der Waals surface area contributed by atoms with Gasteiger partial charge in [-0.3, -0.25) is 0 Å². The lowest BCUT2D eigenvalue weighted by Crippen LogP contribution is -2.48. The Morgan fingerprint density at radius 1 is 1.03 bits per heavy atom. The van der Waals surface area contributed by atoms with Crippen LogP contribution in [-0.4, -0.2) is 21.0 Å². The first kappa shape index (κ1) is 21.1. The number of hydrogen-bond donors (Lipinski definition) is 1. The van der Waals surface area contributed by atoms with Crippen molar-refractivity contribution in [1.82, 2.24) is 4.72 Å². The van der Waals surface area contributed by atoms with Gasteiger partial charge >= 0.3 is 0 Å². The molecule has 0 aromatic heterocycles. The molecule has 0 bridgehead atoms. The quantitative estimate of drug-likeness (QED) is 0.574. The fourth-order valence-electron chi connectivity index (χ4n) is 3.71. The van der Waals surface area contributed by atoms with Gasteiger partial charge in [-0.15, -0.1) is 0 Å². The first-order valence-electron chi connectivity index (χ1n) is 9.37. The SMILES string of the molecule is O=S(=O)(NC1Cc2cc(Cl)ccc2N(Cc2cccc(Cl)c2F)C1)c1ccccc1. The van der Waals surface area contributed by atoms with Gasteiger partial charge in [-0.25, -0.2) is 17.5 Å². The van der Waals surface area contributed by atoms with Gasteiger partial charge in [0.05, 0.1) is 9.92 Å². The molecule has 1 atom stereocenters. The molecule has 4 nitrogen and oxygen atoms in total. The molecule has 8 heteroatoms. The molecule has 0 amide bonds. The molecule has 1 N–H and O–H groups in total. The average Bonchev–Trinajstić information content (AvgIpc) is 2.71. The Morgan fingerprint density at radius 3 is 2.57 bits per heavy atom. The number of nitrogens with zero attached hydrogens (tertiary/aromatic N) is 1. The largest absolute Gasteiger partial charge is 0.365 e. The van der Waals surface area contributed by atoms with Crippen molar-refractivity contribution in [3.63, 3.8) is 0 Å². The number of sulfonamides is 1. The minimum atomic E-state index is -3.69. The molecule has 3 aromatic rings. The van der Waals surface area contributed by atoms with E-state index in [1.807, 2.05) is 17.0 Å². The maximum atomic E-state index is 14.5. The molecule has 156 valence electrons. The van der Waals surface area contributed by atoms with Crippen molar-refractivity contribution in [2.45, 2.75) is 23.9 Å². The van der Waals surface area contributed by atoms with Crippen molar-refractivity contribution >= 4 is 38.9 Å². The van der Waals surface area contributed by atoms with Crippen LogP contribution in [0.3, 0.4) is 0 Å². The van der Waals surface area contributed by atoms with E-state index in [0.29, 0.717) is 23.6 Å². The van der Waals surface area contributed by atoms with Gasteiger partial charge in [0, 0.05) is 35.4 Å². The Kier molecular flexibility index (Phi) is 6.02. The van der Waals surface area contributed by atoms with Crippen LogP contribution in [0.15, 0.2) is 71.6 Å². The third-order valence-electron chi connectivity index (χ3n) is 5.06. The van der Waals surface area contributed by atoms with E-state index in [-0.39, 0.29) is 16.5 Å². The second-order valence-electron chi connectivity index (χ2n) is 7.20. The molecule has 1 aliphatic rings. The third kappa shape index (κ3) is 4.47. The Morgan fingerprint density at radius 2 is 1.80 bits per heavy atom. The topological polar surface area (TPSA) is 49.4 Å². The van der Waals surface area contributed by atoms with Gasteiger partial charge in [-0.1, -0.05) is 53.5 Å². The predicted molar refractivity (Wildman–Crippen MR) is 118 cm³/mol. The zero-order chi connectivity index (χ0) is 21.3. The molecule has 0 radical (unpaired) electrons. The Hall–Kier alpha value is -2.12. The standard InChI is InChI=1S/C22H19Cl2FN2O2S/c23-17-9-10-21-16(11-17)12-18(26-30(28,29)19-6-2-1-3-7-19)14-27(21)13-15-5-4-8-20(24)22(15)25/h1-11,18,26H,12-14H2. The number of anilines is 1. The highest BCUT2D eigenvalue weighted by Gasteiger charge is 2.29. The maximum Gasteiger partial charge on any atom is 0.240 e. The second-order valence-corrected chi connectivity index (χ2v) is 9.76. The number of hydrogen-bond acceptors (Lipinski definition) is 3. The minimum Gasteiger partial charge on any atom is -0.365 e. The van der Waals surface area contributed by atoms with E-state index < -0.39 is 21.9 Å². The summed E-state index contributed by atoms with van der Waals surface area (Å²) in [6, 6.07) is 18.2. The Balaban J connectivity index is 1.64. The van der Waals surface area contributed by atoms with Crippen molar-refractivity contribution in [2.75, 3.05) is 11.4 Å². The molecule has 4 rings (SSSR count). The van der Waals surface area contributed by atoms with E-state index in [0.717, 1.165) is 11.3 Å². The van der Waals surface area contributed by atoms with E-state index in [9.17, 15) is 12.8 Å². The highest BCUT2D eigenvalue weighted by atomic mass is 35.5. The van der Waals surface area contributed by atoms with Gasteiger partial charge < -0.3 is 4.90 Å². The molecular weight excluding hydrogens is 446 g/mol. The maximum absolute atomic E-state index is 14.5. The fraction of sp³-hybridized carbons (Fsp3) is 0.182. The van der Waals surface area contributed by atoms with Crippen LogP contribution in [0.2, 0.25) is 10.0 Å². The minimum absolute atomic E-state index is 0.0576. The highest BCUT2D eigenvalue weighted by molar-refractivity contribution is 7.89. The molecule has 30 heavy (non-hydrogen) atoms. The zero-order valence-electron chi connectivity index (χ0n) is 15.9. The molecule has 0 fully saturated rings. The van der Waals surface area contributed by atoms with Crippen molar-refractivity contribution in [3.8, 4) is 0 Å². The molecule has 0 aliphatic carbocycles.